The summed E-state index contributed by atoms with van der Waals surface area (Å²) in [6.45, 7) is 6.87. The Bertz CT molecular complexity index is 618. The SMILES string of the molecule is CC(=O)/C(C(=O)OC(C)C)=C1\Sc2c(C)ccc(N)c2S1. The van der Waals surface area contributed by atoms with E-state index in [4.69, 9.17) is 10.5 Å². The van der Waals surface area contributed by atoms with Gasteiger partial charge in [-0.2, -0.15) is 0 Å². The maximum absolute atomic E-state index is 12.1. The summed E-state index contributed by atoms with van der Waals surface area (Å²) in [7, 11) is 0. The first-order valence-electron chi connectivity index (χ1n) is 6.52. The van der Waals surface area contributed by atoms with Gasteiger partial charge in [0, 0.05) is 15.5 Å². The van der Waals surface area contributed by atoms with E-state index < -0.39 is 5.97 Å². The van der Waals surface area contributed by atoms with Crippen LogP contribution in [0.3, 0.4) is 0 Å². The molecule has 0 saturated heterocycles. The summed E-state index contributed by atoms with van der Waals surface area (Å²) in [4.78, 5) is 25.9. The molecule has 1 heterocycles. The number of ketones is 1. The molecule has 2 rings (SSSR count). The first-order valence-corrected chi connectivity index (χ1v) is 8.15. The molecule has 112 valence electrons. The van der Waals surface area contributed by atoms with Crippen molar-refractivity contribution in [2.75, 3.05) is 5.73 Å². The van der Waals surface area contributed by atoms with Crippen LogP contribution in [-0.4, -0.2) is 17.9 Å². The van der Waals surface area contributed by atoms with Crippen LogP contribution in [0.1, 0.15) is 26.3 Å². The zero-order chi connectivity index (χ0) is 15.7. The van der Waals surface area contributed by atoms with Crippen molar-refractivity contribution < 1.29 is 14.3 Å². The first-order chi connectivity index (χ1) is 9.81. The van der Waals surface area contributed by atoms with Crippen molar-refractivity contribution in [3.63, 3.8) is 0 Å². The smallest absolute Gasteiger partial charge is 0.343 e. The fourth-order valence-electron chi connectivity index (χ4n) is 1.86. The summed E-state index contributed by atoms with van der Waals surface area (Å²) < 4.78 is 5.81. The molecule has 6 heteroatoms. The predicted molar refractivity (Wildman–Crippen MR) is 86.2 cm³/mol. The molecule has 0 unspecified atom stereocenters. The van der Waals surface area contributed by atoms with E-state index in [9.17, 15) is 9.59 Å². The van der Waals surface area contributed by atoms with Gasteiger partial charge in [0.05, 0.1) is 10.3 Å². The maximum Gasteiger partial charge on any atom is 0.343 e. The van der Waals surface area contributed by atoms with Crippen molar-refractivity contribution in [1.29, 1.82) is 0 Å². The normalized spacial score (nSPS) is 15.9. The van der Waals surface area contributed by atoms with E-state index in [0.717, 1.165) is 15.4 Å². The lowest BCUT2D eigenvalue weighted by Gasteiger charge is -2.10. The predicted octanol–water partition coefficient (Wildman–Crippen LogP) is 3.53. The summed E-state index contributed by atoms with van der Waals surface area (Å²) in [5.41, 5.74) is 7.82. The van der Waals surface area contributed by atoms with Gasteiger partial charge in [-0.3, -0.25) is 4.79 Å². The largest absolute Gasteiger partial charge is 0.459 e. The van der Waals surface area contributed by atoms with Gasteiger partial charge < -0.3 is 10.5 Å². The van der Waals surface area contributed by atoms with Crippen molar-refractivity contribution >= 4 is 41.0 Å². The molecular weight excluding hydrogens is 306 g/mol. The van der Waals surface area contributed by atoms with Crippen LogP contribution >= 0.6 is 23.5 Å². The molecule has 4 nitrogen and oxygen atoms in total. The number of aryl methyl sites for hydroxylation is 1. The summed E-state index contributed by atoms with van der Waals surface area (Å²) in [6.07, 6.45) is -0.266. The molecule has 0 fully saturated rings. The van der Waals surface area contributed by atoms with Gasteiger partial charge in [-0.25, -0.2) is 4.79 Å². The lowest BCUT2D eigenvalue weighted by Crippen LogP contribution is -2.18. The zero-order valence-corrected chi connectivity index (χ0v) is 14.0. The number of ether oxygens (including phenoxy) is 1. The van der Waals surface area contributed by atoms with Crippen LogP contribution in [0.2, 0.25) is 0 Å². The van der Waals surface area contributed by atoms with Gasteiger partial charge in [0.15, 0.2) is 5.78 Å². The fourth-order valence-corrected chi connectivity index (χ4v) is 4.69. The van der Waals surface area contributed by atoms with Gasteiger partial charge in [0.1, 0.15) is 5.57 Å². The highest BCUT2D eigenvalue weighted by Gasteiger charge is 2.30. The number of nitrogen functional groups attached to an aromatic ring is 1. The van der Waals surface area contributed by atoms with E-state index in [0.29, 0.717) is 9.92 Å². The number of fused-ring (bicyclic) bond motifs is 1. The summed E-state index contributed by atoms with van der Waals surface area (Å²) in [5.74, 6) is -0.865. The Balaban J connectivity index is 2.44. The van der Waals surface area contributed by atoms with E-state index in [1.807, 2.05) is 19.1 Å². The number of esters is 1. The Labute approximate surface area is 132 Å². The van der Waals surface area contributed by atoms with E-state index in [1.54, 1.807) is 13.8 Å². The molecular formula is C15H17NO3S2. The van der Waals surface area contributed by atoms with Gasteiger partial charge in [-0.15, -0.1) is 0 Å². The molecule has 0 aliphatic carbocycles. The third-order valence-electron chi connectivity index (χ3n) is 2.83. The highest BCUT2D eigenvalue weighted by Crippen LogP contribution is 2.55. The first kappa shape index (κ1) is 16.0. The van der Waals surface area contributed by atoms with E-state index >= 15 is 0 Å². The highest BCUT2D eigenvalue weighted by molar-refractivity contribution is 8.25. The minimum absolute atomic E-state index is 0.105. The van der Waals surface area contributed by atoms with Crippen molar-refractivity contribution in [2.45, 2.75) is 43.6 Å². The number of hydrogen-bond acceptors (Lipinski definition) is 6. The third-order valence-corrected chi connectivity index (χ3v) is 5.61. The summed E-state index contributed by atoms with van der Waals surface area (Å²) in [5, 5.41) is 0. The molecule has 1 aromatic rings. The topological polar surface area (TPSA) is 69.4 Å². The van der Waals surface area contributed by atoms with Crippen LogP contribution in [-0.2, 0) is 14.3 Å². The Kier molecular flexibility index (Phi) is 4.68. The van der Waals surface area contributed by atoms with Crippen LogP contribution in [0, 0.1) is 6.92 Å². The average molecular weight is 323 g/mol. The maximum atomic E-state index is 12.1. The molecule has 1 aliphatic heterocycles. The van der Waals surface area contributed by atoms with Crippen LogP contribution < -0.4 is 5.73 Å². The minimum Gasteiger partial charge on any atom is -0.459 e. The van der Waals surface area contributed by atoms with E-state index in [1.165, 1.54) is 30.4 Å². The van der Waals surface area contributed by atoms with Crippen molar-refractivity contribution in [1.82, 2.24) is 0 Å². The van der Waals surface area contributed by atoms with Crippen LogP contribution in [0.15, 0.2) is 31.7 Å². The number of carbonyl (C=O) groups is 2. The third kappa shape index (κ3) is 3.27. The minimum atomic E-state index is -0.573. The number of rotatable bonds is 3. The lowest BCUT2D eigenvalue weighted by atomic mass is 10.2. The number of benzene rings is 1. The average Bonchev–Trinajstić information content (AvgIpc) is 2.78. The van der Waals surface area contributed by atoms with Crippen molar-refractivity contribution in [2.24, 2.45) is 0 Å². The number of thioether (sulfide) groups is 2. The fraction of sp³-hybridized carbons (Fsp3) is 0.333. The molecule has 0 spiro atoms. The van der Waals surface area contributed by atoms with Gasteiger partial charge in [0.25, 0.3) is 0 Å². The number of carbonyl (C=O) groups excluding carboxylic acids is 2. The molecule has 1 aliphatic rings. The second-order valence-corrected chi connectivity index (χ2v) is 7.31. The van der Waals surface area contributed by atoms with Gasteiger partial charge in [-0.05, 0) is 39.3 Å². The second kappa shape index (κ2) is 6.15. The van der Waals surface area contributed by atoms with Crippen LogP contribution in [0.25, 0.3) is 0 Å². The Hall–Kier alpha value is -1.40. The van der Waals surface area contributed by atoms with Gasteiger partial charge in [0.2, 0.25) is 0 Å². The molecule has 21 heavy (non-hydrogen) atoms. The standard InChI is InChI=1S/C15H17NO3S2/c1-7(2)19-14(18)11(9(4)17)15-20-12-8(3)5-6-10(16)13(12)21-15/h5-7H,16H2,1-4H3/b15-11-. The van der Waals surface area contributed by atoms with Gasteiger partial charge in [-0.1, -0.05) is 29.6 Å². The van der Waals surface area contributed by atoms with Crippen molar-refractivity contribution in [3.8, 4) is 0 Å². The molecule has 0 aromatic heterocycles. The molecule has 0 amide bonds. The second-order valence-electron chi connectivity index (χ2n) is 5.01. The number of hydrogen-bond donors (Lipinski definition) is 1. The van der Waals surface area contributed by atoms with E-state index in [-0.39, 0.29) is 17.5 Å². The Morgan fingerprint density at radius 2 is 1.81 bits per heavy atom. The molecule has 2 N–H and O–H groups in total. The van der Waals surface area contributed by atoms with Crippen molar-refractivity contribution in [3.05, 3.63) is 27.5 Å². The quantitative estimate of drug-likeness (QED) is 0.302. The molecule has 0 atom stereocenters. The Morgan fingerprint density at radius 3 is 2.33 bits per heavy atom. The number of nitrogens with two attached hydrogens (primary N) is 1. The lowest BCUT2D eigenvalue weighted by molar-refractivity contribution is -0.143. The molecule has 0 bridgehead atoms. The Morgan fingerprint density at radius 1 is 1.19 bits per heavy atom. The van der Waals surface area contributed by atoms with E-state index in [2.05, 4.69) is 0 Å². The zero-order valence-electron chi connectivity index (χ0n) is 12.4. The number of Topliss-reactive ketones (excluding diaryl/α,β-unsaturated/α-hetero) is 1. The summed E-state index contributed by atoms with van der Waals surface area (Å²) >= 11 is 2.77. The van der Waals surface area contributed by atoms with Gasteiger partial charge >= 0.3 is 5.97 Å². The van der Waals surface area contributed by atoms with Crippen LogP contribution in [0.5, 0.6) is 0 Å². The van der Waals surface area contributed by atoms with Crippen LogP contribution in [0.4, 0.5) is 5.69 Å². The monoisotopic (exact) mass is 323 g/mol. The molecule has 0 radical (unpaired) electrons. The molecule has 0 saturated carbocycles. The summed E-state index contributed by atoms with van der Waals surface area (Å²) in [6, 6.07) is 3.77. The molecule has 1 aromatic carbocycles. The highest BCUT2D eigenvalue weighted by atomic mass is 32.2. The number of anilines is 1.